The molecule has 3 N–H and O–H groups in total. The van der Waals surface area contributed by atoms with Gasteiger partial charge in [-0.3, -0.25) is 4.79 Å². The summed E-state index contributed by atoms with van der Waals surface area (Å²) in [4.78, 5) is 31.0. The van der Waals surface area contributed by atoms with Gasteiger partial charge < -0.3 is 25.0 Å². The lowest BCUT2D eigenvalue weighted by molar-refractivity contribution is 0.0691. The molecule has 1 aromatic carbocycles. The molecule has 3 atom stereocenters. The summed E-state index contributed by atoms with van der Waals surface area (Å²) in [7, 11) is 4.34. The number of anilines is 1. The number of nitrogens with zero attached hydrogens (tertiary/aromatic N) is 2. The minimum atomic E-state index is -1.43. The molecular weight excluding hydrogens is 406 g/mol. The average molecular weight is 438 g/mol. The van der Waals surface area contributed by atoms with Gasteiger partial charge in [0.05, 0.1) is 5.69 Å². The molecule has 1 aliphatic heterocycles. The van der Waals surface area contributed by atoms with Crippen molar-refractivity contribution in [2.75, 3.05) is 32.1 Å². The van der Waals surface area contributed by atoms with E-state index in [9.17, 15) is 19.8 Å². The lowest BCUT2D eigenvalue weighted by Crippen LogP contribution is -2.34. The monoisotopic (exact) mass is 437 g/mol. The molecule has 2 aliphatic rings. The Kier molecular flexibility index (Phi) is 6.95. The second-order valence-corrected chi connectivity index (χ2v) is 8.67. The van der Waals surface area contributed by atoms with Gasteiger partial charge in [0.1, 0.15) is 5.75 Å². The molecule has 0 radical (unpaired) electrons. The Hall–Kier alpha value is -3.24. The maximum absolute atomic E-state index is 12.2. The van der Waals surface area contributed by atoms with Gasteiger partial charge >= 0.3 is 5.97 Å². The number of hydrogen-bond donors (Lipinski definition) is 3. The Morgan fingerprint density at radius 2 is 1.84 bits per heavy atom. The molecule has 170 valence electrons. The van der Waals surface area contributed by atoms with E-state index in [0.29, 0.717) is 29.6 Å². The molecule has 2 fully saturated rings. The maximum Gasteiger partial charge on any atom is 0.345 e. The van der Waals surface area contributed by atoms with Crippen LogP contribution in [0.2, 0.25) is 0 Å². The molecule has 7 nitrogen and oxygen atoms in total. The minimum Gasteiger partial charge on any atom is -0.506 e. The van der Waals surface area contributed by atoms with Gasteiger partial charge in [0, 0.05) is 30.4 Å². The minimum absolute atomic E-state index is 0.404. The highest BCUT2D eigenvalue weighted by Crippen LogP contribution is 2.42. The Balaban J connectivity index is 0.00000141. The van der Waals surface area contributed by atoms with Crippen LogP contribution in [0.1, 0.15) is 35.7 Å². The number of aromatic hydroxyl groups is 1. The lowest BCUT2D eigenvalue weighted by atomic mass is 9.97. The van der Waals surface area contributed by atoms with Crippen molar-refractivity contribution < 1.29 is 15.0 Å². The van der Waals surface area contributed by atoms with Crippen LogP contribution in [0, 0.1) is 24.7 Å². The Morgan fingerprint density at radius 3 is 2.41 bits per heavy atom. The number of rotatable bonds is 5. The summed E-state index contributed by atoms with van der Waals surface area (Å²) in [6.45, 7) is 3.94. The summed E-state index contributed by atoms with van der Waals surface area (Å²) in [5, 5.41) is 19.6. The third kappa shape index (κ3) is 4.11. The van der Waals surface area contributed by atoms with Crippen LogP contribution >= 0.6 is 0 Å². The first-order valence-electron chi connectivity index (χ1n) is 10.9. The third-order valence-electron chi connectivity index (χ3n) is 6.86. The molecule has 32 heavy (non-hydrogen) atoms. The molecule has 0 bridgehead atoms. The molecule has 0 amide bonds. The molecule has 2 aromatic rings. The first-order valence-corrected chi connectivity index (χ1v) is 10.9. The number of benzene rings is 1. The van der Waals surface area contributed by atoms with E-state index < -0.39 is 22.8 Å². The zero-order valence-corrected chi connectivity index (χ0v) is 18.8. The van der Waals surface area contributed by atoms with Gasteiger partial charge in [-0.25, -0.2) is 4.79 Å². The summed E-state index contributed by atoms with van der Waals surface area (Å²) in [6.07, 6.45) is 11.0. The maximum atomic E-state index is 12.2. The first kappa shape index (κ1) is 23.4. The molecule has 1 saturated carbocycles. The average Bonchev–Trinajstić information content (AvgIpc) is 3.35. The van der Waals surface area contributed by atoms with E-state index in [1.54, 1.807) is 0 Å². The molecule has 1 saturated heterocycles. The highest BCUT2D eigenvalue weighted by molar-refractivity contribution is 5.92. The van der Waals surface area contributed by atoms with E-state index in [1.807, 2.05) is 31.2 Å². The molecule has 1 aliphatic carbocycles. The third-order valence-corrected chi connectivity index (χ3v) is 6.86. The van der Waals surface area contributed by atoms with E-state index >= 15 is 0 Å². The fraction of sp³-hybridized carbons (Fsp3) is 0.440. The van der Waals surface area contributed by atoms with E-state index in [4.69, 9.17) is 0 Å². The van der Waals surface area contributed by atoms with Crippen LogP contribution in [0.25, 0.3) is 11.3 Å². The van der Waals surface area contributed by atoms with Crippen molar-refractivity contribution in [2.24, 2.45) is 11.8 Å². The van der Waals surface area contributed by atoms with Crippen molar-refractivity contribution in [1.82, 2.24) is 9.88 Å². The molecule has 1 unspecified atom stereocenters. The predicted octanol–water partition coefficient (Wildman–Crippen LogP) is 3.03. The van der Waals surface area contributed by atoms with Crippen molar-refractivity contribution in [3.05, 3.63) is 45.7 Å². The molecule has 2 heterocycles. The number of carboxylic acids is 1. The smallest absolute Gasteiger partial charge is 0.345 e. The zero-order valence-electron chi connectivity index (χ0n) is 18.8. The predicted molar refractivity (Wildman–Crippen MR) is 126 cm³/mol. The highest BCUT2D eigenvalue weighted by atomic mass is 16.4. The summed E-state index contributed by atoms with van der Waals surface area (Å²) >= 11 is 0. The second-order valence-electron chi connectivity index (χ2n) is 8.67. The number of H-pyrrole nitrogens is 1. The van der Waals surface area contributed by atoms with E-state index in [2.05, 4.69) is 41.7 Å². The number of carboxylic acid groups (broad SMARTS) is 1. The van der Waals surface area contributed by atoms with Crippen LogP contribution in [0.3, 0.4) is 0 Å². The van der Waals surface area contributed by atoms with Crippen molar-refractivity contribution >= 4 is 11.7 Å². The largest absolute Gasteiger partial charge is 0.506 e. The standard InChI is InChI=1S/C23H29N3O4.C2H2/c1-4-16-20(24-22(28)19(21(16)27)23(29)30)13-5-8-15(9-6-13)26-11-14-7-10-18(25(2)3)17(14)12-26;1-2/h5-6,8-9,14,17-18H,4,7,10-12H2,1-3H3,(H,29,30)(H2,24,27,28);1-2H/t14-,17?,18-;/m1./s1. The van der Waals surface area contributed by atoms with Gasteiger partial charge in [-0.2, -0.15) is 0 Å². The molecule has 1 aromatic heterocycles. The van der Waals surface area contributed by atoms with Gasteiger partial charge in [0.2, 0.25) is 0 Å². The van der Waals surface area contributed by atoms with Gasteiger partial charge in [-0.15, -0.1) is 12.8 Å². The second kappa shape index (κ2) is 9.49. The van der Waals surface area contributed by atoms with Crippen molar-refractivity contribution in [3.63, 3.8) is 0 Å². The summed E-state index contributed by atoms with van der Waals surface area (Å²) in [5.41, 5.74) is 1.42. The number of aromatic carboxylic acids is 1. The Morgan fingerprint density at radius 1 is 1.19 bits per heavy atom. The van der Waals surface area contributed by atoms with Gasteiger partial charge in [0.15, 0.2) is 5.56 Å². The van der Waals surface area contributed by atoms with E-state index in [1.165, 1.54) is 12.8 Å². The number of carbonyl (C=O) groups is 1. The van der Waals surface area contributed by atoms with E-state index in [-0.39, 0.29) is 0 Å². The van der Waals surface area contributed by atoms with Crippen LogP contribution in [0.5, 0.6) is 5.75 Å². The summed E-state index contributed by atoms with van der Waals surface area (Å²) in [5.74, 6) is -0.445. The molecular formula is C25H31N3O4. The zero-order chi connectivity index (χ0) is 23.6. The fourth-order valence-corrected chi connectivity index (χ4v) is 5.34. The van der Waals surface area contributed by atoms with Crippen molar-refractivity contribution in [2.45, 2.75) is 32.2 Å². The Bertz CT molecular complexity index is 1060. The van der Waals surface area contributed by atoms with Crippen LogP contribution in [0.15, 0.2) is 29.1 Å². The quantitative estimate of drug-likeness (QED) is 0.622. The van der Waals surface area contributed by atoms with Crippen molar-refractivity contribution in [3.8, 4) is 29.9 Å². The van der Waals surface area contributed by atoms with Gasteiger partial charge in [0.25, 0.3) is 5.56 Å². The number of nitrogens with one attached hydrogen (secondary N) is 1. The number of fused-ring (bicyclic) bond motifs is 1. The van der Waals surface area contributed by atoms with Gasteiger partial charge in [-0.1, -0.05) is 19.1 Å². The first-order chi connectivity index (χ1) is 15.3. The molecule has 7 heteroatoms. The number of pyridine rings is 1. The summed E-state index contributed by atoms with van der Waals surface area (Å²) < 4.78 is 0. The SMILES string of the molecule is C#C.CCc1c(-c2ccc(N3CC4[C@H](CC[C@H]4N(C)C)C3)cc2)[nH]c(=O)c(C(=O)O)c1O. The summed E-state index contributed by atoms with van der Waals surface area (Å²) in [6, 6.07) is 8.59. The normalized spacial score (nSPS) is 21.8. The van der Waals surface area contributed by atoms with Gasteiger partial charge in [-0.05, 0) is 62.9 Å². The lowest BCUT2D eigenvalue weighted by Gasteiger charge is -2.27. The fourth-order valence-electron chi connectivity index (χ4n) is 5.34. The molecule has 0 spiro atoms. The Labute approximate surface area is 188 Å². The highest BCUT2D eigenvalue weighted by Gasteiger charge is 2.43. The van der Waals surface area contributed by atoms with Crippen molar-refractivity contribution in [1.29, 1.82) is 0 Å². The number of hydrogen-bond acceptors (Lipinski definition) is 5. The topological polar surface area (TPSA) is 96.9 Å². The number of aromatic nitrogens is 1. The van der Waals surface area contributed by atoms with Crippen LogP contribution in [0.4, 0.5) is 5.69 Å². The number of aromatic amines is 1. The van der Waals surface area contributed by atoms with E-state index in [0.717, 1.165) is 30.3 Å². The number of terminal acetylenes is 1. The van der Waals surface area contributed by atoms with Crippen LogP contribution in [-0.4, -0.2) is 59.3 Å². The van der Waals surface area contributed by atoms with Crippen LogP contribution < -0.4 is 10.5 Å². The van der Waals surface area contributed by atoms with Crippen LogP contribution in [-0.2, 0) is 6.42 Å². The molecule has 4 rings (SSSR count).